The summed E-state index contributed by atoms with van der Waals surface area (Å²) in [6.45, 7) is 8.12. The Morgan fingerprint density at radius 2 is 1.04 bits per heavy atom. The lowest BCUT2D eigenvalue weighted by Crippen LogP contribution is -2.40. The third kappa shape index (κ3) is 16.3. The van der Waals surface area contributed by atoms with E-state index in [2.05, 4.69) is 10.6 Å². The number of ether oxygens (including phenoxy) is 3. The van der Waals surface area contributed by atoms with Crippen LogP contribution in [0.15, 0.2) is 137 Å². The van der Waals surface area contributed by atoms with Crippen LogP contribution >= 0.6 is 0 Å². The number of amides is 2. The van der Waals surface area contributed by atoms with Crippen LogP contribution in [0.2, 0.25) is 0 Å². The molecule has 0 spiro atoms. The average Bonchev–Trinajstić information content (AvgIpc) is 3.29. The van der Waals surface area contributed by atoms with Gasteiger partial charge < -0.3 is 39.1 Å². The van der Waals surface area contributed by atoms with Crippen molar-refractivity contribution in [3.63, 3.8) is 0 Å². The first-order chi connectivity index (χ1) is 33.2. The van der Waals surface area contributed by atoms with Crippen LogP contribution in [-0.2, 0) is 30.5 Å². The lowest BCUT2D eigenvalue weighted by Gasteiger charge is -2.28. The highest BCUT2D eigenvalue weighted by Crippen LogP contribution is 2.31. The number of carbonyl (C=O) groups excluding carboxylic acids is 3. The lowest BCUT2D eigenvalue weighted by molar-refractivity contribution is -0.146. The predicted octanol–water partition coefficient (Wildman–Crippen LogP) is 9.69. The van der Waals surface area contributed by atoms with Gasteiger partial charge in [-0.3, -0.25) is 28.8 Å². The third-order valence-electron chi connectivity index (χ3n) is 12.2. The van der Waals surface area contributed by atoms with Gasteiger partial charge in [0, 0.05) is 24.5 Å². The summed E-state index contributed by atoms with van der Waals surface area (Å²) in [4.78, 5) is 76.2. The van der Waals surface area contributed by atoms with E-state index in [0.717, 1.165) is 49.7 Å². The van der Waals surface area contributed by atoms with Crippen molar-refractivity contribution in [2.24, 2.45) is 11.8 Å². The van der Waals surface area contributed by atoms with E-state index in [1.54, 1.807) is 54.9 Å². The standard InChI is InChI=1S/C31H36N2O5.C24H30N2O5.CH4/c1-22(2)18-28(33-17-7-6-16-29(33)34)31(36)32-27(20-30(35)37-21-23-10-4-3-5-11-23)24-12-8-15-26(19-24)38-25-13-9-14-25;1-16(2)13-21(26-12-4-3-11-22(26)27)24(30)25-20(15-23(28)29)17-7-5-10-19(14-17)31-18-8-6-9-18;/h3-8,10-12,15-17,19,22,25,27-28H,9,13-14,18,20-21H2,1-2H3,(H,32,36);3-5,7,10-12,14,16,18,20-21H,6,8-9,13,15H2,1-2H3,(H,25,30)(H,28,29);1H4. The van der Waals surface area contributed by atoms with E-state index in [-0.39, 0.29) is 73.9 Å². The van der Waals surface area contributed by atoms with E-state index in [4.69, 9.17) is 14.2 Å². The predicted molar refractivity (Wildman–Crippen MR) is 269 cm³/mol. The van der Waals surface area contributed by atoms with Gasteiger partial charge >= 0.3 is 11.9 Å². The molecule has 7 rings (SSSR count). The van der Waals surface area contributed by atoms with Crippen LogP contribution in [0.25, 0.3) is 0 Å². The number of hydrogen-bond acceptors (Lipinski definition) is 9. The van der Waals surface area contributed by atoms with E-state index < -0.39 is 36.1 Å². The highest BCUT2D eigenvalue weighted by Gasteiger charge is 2.30. The van der Waals surface area contributed by atoms with Crippen LogP contribution in [0.1, 0.15) is 140 Å². The molecule has 2 aromatic heterocycles. The van der Waals surface area contributed by atoms with Gasteiger partial charge in [-0.2, -0.15) is 0 Å². The van der Waals surface area contributed by atoms with E-state index >= 15 is 0 Å². The number of benzene rings is 3. The summed E-state index contributed by atoms with van der Waals surface area (Å²) in [7, 11) is 0. The van der Waals surface area contributed by atoms with Crippen molar-refractivity contribution in [2.45, 2.75) is 142 Å². The van der Waals surface area contributed by atoms with Gasteiger partial charge in [-0.05, 0) is 116 Å². The van der Waals surface area contributed by atoms with E-state index in [9.17, 15) is 33.9 Å². The Balaban J connectivity index is 0.000000262. The number of esters is 1. The van der Waals surface area contributed by atoms with Crippen LogP contribution < -0.4 is 31.2 Å². The van der Waals surface area contributed by atoms with Gasteiger partial charge in [-0.15, -0.1) is 0 Å². The zero-order valence-electron chi connectivity index (χ0n) is 40.0. The van der Waals surface area contributed by atoms with Gasteiger partial charge in [0.15, 0.2) is 0 Å². The Bertz CT molecular complexity index is 2580. The van der Waals surface area contributed by atoms with Gasteiger partial charge in [0.2, 0.25) is 11.8 Å². The maximum Gasteiger partial charge on any atom is 0.308 e. The fourth-order valence-electron chi connectivity index (χ4n) is 8.13. The molecule has 3 N–H and O–H groups in total. The zero-order valence-corrected chi connectivity index (χ0v) is 40.0. The molecule has 0 saturated heterocycles. The highest BCUT2D eigenvalue weighted by atomic mass is 16.5. The van der Waals surface area contributed by atoms with Crippen molar-refractivity contribution in [3.05, 3.63) is 165 Å². The summed E-state index contributed by atoms with van der Waals surface area (Å²) in [6.07, 6.45) is 10.6. The number of carboxylic acid groups (broad SMARTS) is 1. The topological polar surface area (TPSA) is 184 Å². The minimum atomic E-state index is -1.02. The van der Waals surface area contributed by atoms with Gasteiger partial charge in [-0.1, -0.05) is 102 Å². The van der Waals surface area contributed by atoms with Crippen molar-refractivity contribution in [1.82, 2.24) is 19.8 Å². The van der Waals surface area contributed by atoms with Crippen molar-refractivity contribution in [1.29, 1.82) is 0 Å². The maximum atomic E-state index is 13.6. The van der Waals surface area contributed by atoms with Crippen molar-refractivity contribution >= 4 is 23.8 Å². The first-order valence-corrected chi connectivity index (χ1v) is 24.1. The number of pyridine rings is 2. The third-order valence-corrected chi connectivity index (χ3v) is 12.2. The number of carboxylic acids is 1. The molecule has 2 fully saturated rings. The molecule has 3 aromatic carbocycles. The van der Waals surface area contributed by atoms with Gasteiger partial charge in [0.25, 0.3) is 11.1 Å². The number of aliphatic carboxylic acids is 1. The summed E-state index contributed by atoms with van der Waals surface area (Å²) in [5.74, 6) is -0.426. The Morgan fingerprint density at radius 3 is 1.44 bits per heavy atom. The van der Waals surface area contributed by atoms with Crippen LogP contribution in [0.4, 0.5) is 0 Å². The number of aromatic nitrogens is 2. The van der Waals surface area contributed by atoms with Crippen molar-refractivity contribution < 1.29 is 38.5 Å². The second-order valence-corrected chi connectivity index (χ2v) is 18.7. The van der Waals surface area contributed by atoms with Crippen molar-refractivity contribution in [2.75, 3.05) is 0 Å². The SMILES string of the molecule is C.CC(C)CC(C(=O)NC(CC(=O)O)c1cccc(OC2CCC2)c1)n1ccccc1=O.CC(C)CC(C(=O)NC(CC(=O)OCc1ccccc1)c1cccc(OC2CCC2)c1)n1ccccc1=O. The summed E-state index contributed by atoms with van der Waals surface area (Å²) < 4.78 is 20.4. The monoisotopic (exact) mass is 959 g/mol. The van der Waals surface area contributed by atoms with Crippen LogP contribution in [-0.4, -0.2) is 50.2 Å². The zero-order chi connectivity index (χ0) is 49.3. The normalized spacial score (nSPS) is 15.0. The Morgan fingerprint density at radius 1 is 0.600 bits per heavy atom. The Hall–Kier alpha value is -6.96. The smallest absolute Gasteiger partial charge is 0.308 e. The fraction of sp³-hybridized carbons (Fsp3) is 0.429. The number of carbonyl (C=O) groups is 4. The Labute approximate surface area is 411 Å². The molecule has 14 nitrogen and oxygen atoms in total. The first kappa shape index (κ1) is 54.0. The molecule has 4 atom stereocenters. The molecule has 0 aliphatic heterocycles. The largest absolute Gasteiger partial charge is 0.490 e. The van der Waals surface area contributed by atoms with E-state index in [1.807, 2.05) is 88.4 Å². The molecule has 2 aliphatic rings. The molecule has 2 aliphatic carbocycles. The highest BCUT2D eigenvalue weighted by molar-refractivity contribution is 5.82. The molecule has 374 valence electrons. The molecular formula is C56H70N4O10. The summed E-state index contributed by atoms with van der Waals surface area (Å²) in [5.41, 5.74) is 1.78. The van der Waals surface area contributed by atoms with E-state index in [1.165, 1.54) is 21.3 Å². The lowest BCUT2D eigenvalue weighted by atomic mass is 9.96. The molecule has 2 heterocycles. The summed E-state index contributed by atoms with van der Waals surface area (Å²) in [6, 6.07) is 31.0. The fourth-order valence-corrected chi connectivity index (χ4v) is 8.13. The number of nitrogens with zero attached hydrogens (tertiary/aromatic N) is 2. The van der Waals surface area contributed by atoms with Gasteiger partial charge in [0.1, 0.15) is 30.2 Å². The molecular weight excluding hydrogens is 889 g/mol. The van der Waals surface area contributed by atoms with E-state index in [0.29, 0.717) is 29.9 Å². The minimum absolute atomic E-state index is 0. The summed E-state index contributed by atoms with van der Waals surface area (Å²) in [5, 5.41) is 15.3. The molecule has 70 heavy (non-hydrogen) atoms. The number of nitrogens with one attached hydrogen (secondary N) is 2. The average molecular weight is 959 g/mol. The second-order valence-electron chi connectivity index (χ2n) is 18.7. The molecule has 4 unspecified atom stereocenters. The van der Waals surface area contributed by atoms with Crippen LogP contribution in [0.3, 0.4) is 0 Å². The maximum absolute atomic E-state index is 13.6. The minimum Gasteiger partial charge on any atom is -0.490 e. The molecule has 0 radical (unpaired) electrons. The van der Waals surface area contributed by atoms with Crippen molar-refractivity contribution in [3.8, 4) is 11.5 Å². The molecule has 2 saturated carbocycles. The number of rotatable bonds is 22. The molecule has 5 aromatic rings. The first-order valence-electron chi connectivity index (χ1n) is 24.1. The number of hydrogen-bond donors (Lipinski definition) is 3. The summed E-state index contributed by atoms with van der Waals surface area (Å²) >= 11 is 0. The molecule has 14 heteroatoms. The van der Waals surface area contributed by atoms with Crippen LogP contribution in [0.5, 0.6) is 11.5 Å². The second kappa shape index (κ2) is 26.7. The molecule has 0 bridgehead atoms. The Kier molecular flexibility index (Phi) is 20.6. The quantitative estimate of drug-likeness (QED) is 0.0565. The molecule has 2 amide bonds. The van der Waals surface area contributed by atoms with Crippen LogP contribution in [0, 0.1) is 11.8 Å². The van der Waals surface area contributed by atoms with Gasteiger partial charge in [-0.25, -0.2) is 0 Å². The van der Waals surface area contributed by atoms with Gasteiger partial charge in [0.05, 0.1) is 37.1 Å².